The molecule has 78 valence electrons. The summed E-state index contributed by atoms with van der Waals surface area (Å²) in [4.78, 5) is 14.0. The molecule has 0 unspecified atom stereocenters. The maximum atomic E-state index is 13.3. The van der Waals surface area contributed by atoms with Crippen molar-refractivity contribution < 1.29 is 9.18 Å². The monoisotopic (exact) mass is 289 g/mol. The van der Waals surface area contributed by atoms with Crippen molar-refractivity contribution in [1.82, 2.24) is 0 Å². The fourth-order valence-electron chi connectivity index (χ4n) is 1.54. The average Bonchev–Trinajstić information content (AvgIpc) is 2.93. The third kappa shape index (κ3) is 1.85. The van der Waals surface area contributed by atoms with E-state index in [1.165, 1.54) is 12.1 Å². The highest BCUT2D eigenvalue weighted by molar-refractivity contribution is 9.10. The lowest BCUT2D eigenvalue weighted by atomic mass is 10.1. The predicted molar refractivity (Wildman–Crippen MR) is 58.1 cm³/mol. The van der Waals surface area contributed by atoms with E-state index < -0.39 is 11.4 Å². The van der Waals surface area contributed by atoms with Crippen molar-refractivity contribution in [2.45, 2.75) is 18.4 Å². The van der Waals surface area contributed by atoms with Gasteiger partial charge in [0.2, 0.25) is 6.08 Å². The minimum Gasteiger partial charge on any atom is -0.211 e. The van der Waals surface area contributed by atoms with Crippen molar-refractivity contribution >= 4 is 33.6 Å². The van der Waals surface area contributed by atoms with Crippen LogP contribution in [0.5, 0.6) is 0 Å². The predicted octanol–water partition coefficient (Wildman–Crippen LogP) is 3.57. The van der Waals surface area contributed by atoms with Crippen LogP contribution in [0.1, 0.15) is 18.4 Å². The molecule has 0 aromatic heterocycles. The van der Waals surface area contributed by atoms with Crippen molar-refractivity contribution in [3.05, 3.63) is 33.0 Å². The zero-order valence-electron chi connectivity index (χ0n) is 7.56. The Hall–Kier alpha value is -0.700. The molecule has 1 saturated carbocycles. The van der Waals surface area contributed by atoms with Gasteiger partial charge in [-0.3, -0.25) is 0 Å². The maximum Gasteiger partial charge on any atom is 0.235 e. The fourth-order valence-corrected chi connectivity index (χ4v) is 2.26. The van der Waals surface area contributed by atoms with Crippen molar-refractivity contribution in [2.24, 2.45) is 4.99 Å². The smallest absolute Gasteiger partial charge is 0.211 e. The molecule has 0 saturated heterocycles. The lowest BCUT2D eigenvalue weighted by Crippen LogP contribution is -2.04. The van der Waals surface area contributed by atoms with Crippen LogP contribution in [0, 0.1) is 5.82 Å². The van der Waals surface area contributed by atoms with E-state index in [0.717, 1.165) is 0 Å². The molecular weight excluding hydrogens is 284 g/mol. The molecule has 2 rings (SSSR count). The van der Waals surface area contributed by atoms with Crippen LogP contribution in [-0.2, 0) is 10.3 Å². The Balaban J connectivity index is 2.57. The molecule has 0 radical (unpaired) electrons. The topological polar surface area (TPSA) is 29.4 Å². The SMILES string of the molecule is O=C=NC1(c2cc(Br)cc(F)c2Cl)CC1. The number of halogens is 3. The van der Waals surface area contributed by atoms with Gasteiger partial charge in [-0.25, -0.2) is 9.18 Å². The van der Waals surface area contributed by atoms with Gasteiger partial charge in [0.15, 0.2) is 0 Å². The molecule has 1 aliphatic carbocycles. The molecule has 0 bridgehead atoms. The number of hydrogen-bond acceptors (Lipinski definition) is 2. The molecule has 0 amide bonds. The van der Waals surface area contributed by atoms with Gasteiger partial charge in [0, 0.05) is 10.0 Å². The Labute approximate surface area is 99.3 Å². The zero-order chi connectivity index (χ0) is 11.1. The molecule has 0 aliphatic heterocycles. The summed E-state index contributed by atoms with van der Waals surface area (Å²) >= 11 is 9.02. The second-order valence-electron chi connectivity index (χ2n) is 3.48. The number of rotatable bonds is 2. The van der Waals surface area contributed by atoms with Gasteiger partial charge in [0.1, 0.15) is 5.82 Å². The first kappa shape index (κ1) is 10.8. The van der Waals surface area contributed by atoms with E-state index in [2.05, 4.69) is 20.9 Å². The van der Waals surface area contributed by atoms with Crippen molar-refractivity contribution in [1.29, 1.82) is 0 Å². The number of aliphatic imine (C=N–C) groups is 1. The first-order valence-corrected chi connectivity index (χ1v) is 5.50. The summed E-state index contributed by atoms with van der Waals surface area (Å²) in [5, 5.41) is 0.0368. The molecule has 1 fully saturated rings. The van der Waals surface area contributed by atoms with Crippen LogP contribution in [0.4, 0.5) is 4.39 Å². The van der Waals surface area contributed by atoms with Gasteiger partial charge in [-0.2, -0.15) is 4.99 Å². The van der Waals surface area contributed by atoms with E-state index in [0.29, 0.717) is 22.9 Å². The Bertz CT molecular complexity index is 467. The van der Waals surface area contributed by atoms with Crippen LogP contribution in [0.25, 0.3) is 0 Å². The summed E-state index contributed by atoms with van der Waals surface area (Å²) in [6.07, 6.45) is 2.93. The summed E-state index contributed by atoms with van der Waals surface area (Å²) in [5.74, 6) is -0.506. The van der Waals surface area contributed by atoms with Gasteiger partial charge in [0.05, 0.1) is 10.6 Å². The Kier molecular flexibility index (Phi) is 2.67. The first-order valence-electron chi connectivity index (χ1n) is 4.33. The minimum atomic E-state index is -0.635. The molecule has 5 heteroatoms. The second kappa shape index (κ2) is 3.71. The molecule has 1 aromatic rings. The quantitative estimate of drug-likeness (QED) is 0.465. The van der Waals surface area contributed by atoms with Crippen LogP contribution in [-0.4, -0.2) is 6.08 Å². The maximum absolute atomic E-state index is 13.3. The summed E-state index contributed by atoms with van der Waals surface area (Å²) in [7, 11) is 0. The molecule has 0 spiro atoms. The Morgan fingerprint density at radius 1 is 1.53 bits per heavy atom. The van der Waals surface area contributed by atoms with Crippen LogP contribution in [0.2, 0.25) is 5.02 Å². The number of isocyanates is 1. The molecular formula is C10H6BrClFNO. The van der Waals surface area contributed by atoms with Gasteiger partial charge in [0.25, 0.3) is 0 Å². The number of benzene rings is 1. The standard InChI is InChI=1S/C10H6BrClFNO/c11-6-3-7(9(12)8(13)4-6)10(1-2-10)14-5-15/h3-4H,1-2H2. The summed E-state index contributed by atoms with van der Waals surface area (Å²) in [6.45, 7) is 0. The summed E-state index contributed by atoms with van der Waals surface area (Å²) in [5.41, 5.74) is -0.0805. The van der Waals surface area contributed by atoms with Crippen LogP contribution in [0.3, 0.4) is 0 Å². The van der Waals surface area contributed by atoms with E-state index in [4.69, 9.17) is 11.6 Å². The Morgan fingerprint density at radius 2 is 2.20 bits per heavy atom. The van der Waals surface area contributed by atoms with Crippen LogP contribution < -0.4 is 0 Å². The van der Waals surface area contributed by atoms with Crippen LogP contribution in [0.15, 0.2) is 21.6 Å². The lowest BCUT2D eigenvalue weighted by Gasteiger charge is -2.11. The first-order chi connectivity index (χ1) is 7.09. The van der Waals surface area contributed by atoms with Crippen molar-refractivity contribution in [3.8, 4) is 0 Å². The van der Waals surface area contributed by atoms with Gasteiger partial charge >= 0.3 is 0 Å². The third-order valence-corrected chi connectivity index (χ3v) is 3.32. The minimum absolute atomic E-state index is 0.0368. The number of nitrogens with zero attached hydrogens (tertiary/aromatic N) is 1. The second-order valence-corrected chi connectivity index (χ2v) is 4.78. The van der Waals surface area contributed by atoms with E-state index in [1.807, 2.05) is 0 Å². The number of hydrogen-bond donors (Lipinski definition) is 0. The zero-order valence-corrected chi connectivity index (χ0v) is 9.90. The van der Waals surface area contributed by atoms with E-state index in [9.17, 15) is 9.18 Å². The lowest BCUT2D eigenvalue weighted by molar-refractivity contribution is 0.555. The van der Waals surface area contributed by atoms with Crippen molar-refractivity contribution in [2.75, 3.05) is 0 Å². The molecule has 0 atom stereocenters. The molecule has 0 N–H and O–H groups in total. The van der Waals surface area contributed by atoms with Gasteiger partial charge < -0.3 is 0 Å². The average molecular weight is 291 g/mol. The number of carbonyl (C=O) groups excluding carboxylic acids is 1. The highest BCUT2D eigenvalue weighted by Crippen LogP contribution is 2.52. The van der Waals surface area contributed by atoms with E-state index in [1.54, 1.807) is 6.07 Å². The highest BCUT2D eigenvalue weighted by atomic mass is 79.9. The van der Waals surface area contributed by atoms with E-state index in [-0.39, 0.29) is 5.02 Å². The summed E-state index contributed by atoms with van der Waals surface area (Å²) < 4.78 is 13.9. The largest absolute Gasteiger partial charge is 0.235 e. The molecule has 15 heavy (non-hydrogen) atoms. The van der Waals surface area contributed by atoms with E-state index >= 15 is 0 Å². The highest BCUT2D eigenvalue weighted by Gasteiger charge is 2.46. The third-order valence-electron chi connectivity index (χ3n) is 2.48. The molecule has 2 nitrogen and oxygen atoms in total. The fraction of sp³-hybridized carbons (Fsp3) is 0.300. The molecule has 1 aliphatic rings. The van der Waals surface area contributed by atoms with Gasteiger partial charge in [-0.1, -0.05) is 27.5 Å². The van der Waals surface area contributed by atoms with Gasteiger partial charge in [-0.05, 0) is 25.0 Å². The molecule has 1 aromatic carbocycles. The van der Waals surface area contributed by atoms with Gasteiger partial charge in [-0.15, -0.1) is 0 Å². The summed E-state index contributed by atoms with van der Waals surface area (Å²) in [6, 6.07) is 2.98. The van der Waals surface area contributed by atoms with Crippen LogP contribution >= 0.6 is 27.5 Å². The molecule has 0 heterocycles. The Morgan fingerprint density at radius 3 is 2.73 bits per heavy atom. The normalized spacial score (nSPS) is 17.0. The van der Waals surface area contributed by atoms with Crippen molar-refractivity contribution in [3.63, 3.8) is 0 Å².